The van der Waals surface area contributed by atoms with Crippen molar-refractivity contribution in [2.45, 2.75) is 39.7 Å². The SMILES string of the molecule is Cc1nnnn1N=Cc1ccc(O)c(C(=C2C=C(NC(=O)C(C)(C)O)C=CC2)c2cc(C=Nn3nnnc3C)ccc2O)c1. The number of rotatable bonds is 8. The number of hydrogen-bond acceptors (Lipinski definition) is 12. The van der Waals surface area contributed by atoms with Crippen LogP contribution in [0.15, 0.2) is 76.1 Å². The van der Waals surface area contributed by atoms with Crippen LogP contribution in [0.4, 0.5) is 0 Å². The zero-order valence-electron chi connectivity index (χ0n) is 24.3. The molecule has 15 heteroatoms. The molecular formula is C29H29N11O4. The number of nitrogens with one attached hydrogen (secondary N) is 1. The maximum Gasteiger partial charge on any atom is 0.255 e. The molecule has 2 aromatic carbocycles. The maximum atomic E-state index is 12.5. The van der Waals surface area contributed by atoms with Gasteiger partial charge in [-0.05, 0) is 126 Å². The molecule has 5 rings (SSSR count). The predicted octanol–water partition coefficient (Wildman–Crippen LogP) is 1.98. The fourth-order valence-corrected chi connectivity index (χ4v) is 4.21. The van der Waals surface area contributed by atoms with Crippen LogP contribution < -0.4 is 5.32 Å². The summed E-state index contributed by atoms with van der Waals surface area (Å²) in [5.74, 6) is 0.271. The van der Waals surface area contributed by atoms with E-state index in [9.17, 15) is 20.1 Å². The number of aryl methyl sites for hydroxylation is 2. The van der Waals surface area contributed by atoms with Crippen LogP contribution in [-0.2, 0) is 4.79 Å². The quantitative estimate of drug-likeness (QED) is 0.218. The Morgan fingerprint density at radius 1 is 0.909 bits per heavy atom. The molecule has 4 N–H and O–H groups in total. The Balaban J connectivity index is 1.66. The summed E-state index contributed by atoms with van der Waals surface area (Å²) in [4.78, 5) is 15.1. The maximum absolute atomic E-state index is 12.5. The molecule has 2 aromatic heterocycles. The van der Waals surface area contributed by atoms with Gasteiger partial charge in [-0.15, -0.1) is 19.8 Å². The first-order valence-corrected chi connectivity index (χ1v) is 13.4. The molecule has 15 nitrogen and oxygen atoms in total. The molecule has 1 amide bonds. The minimum Gasteiger partial charge on any atom is -0.507 e. The lowest BCUT2D eigenvalue weighted by Crippen LogP contribution is -2.41. The first-order chi connectivity index (χ1) is 21.0. The van der Waals surface area contributed by atoms with Gasteiger partial charge < -0.3 is 20.6 Å². The Morgan fingerprint density at radius 3 is 1.89 bits per heavy atom. The lowest BCUT2D eigenvalue weighted by molar-refractivity contribution is -0.135. The van der Waals surface area contributed by atoms with E-state index < -0.39 is 11.5 Å². The molecule has 0 saturated carbocycles. The Kier molecular flexibility index (Phi) is 8.21. The number of hydrogen-bond donors (Lipinski definition) is 4. The smallest absolute Gasteiger partial charge is 0.255 e. The van der Waals surface area contributed by atoms with E-state index in [2.05, 4.69) is 46.6 Å². The number of amides is 1. The molecule has 1 aliphatic carbocycles. The summed E-state index contributed by atoms with van der Waals surface area (Å²) >= 11 is 0. The van der Waals surface area contributed by atoms with Crippen molar-refractivity contribution in [1.29, 1.82) is 0 Å². The molecule has 2 heterocycles. The average Bonchev–Trinajstić information content (AvgIpc) is 3.60. The molecule has 0 atom stereocenters. The number of nitrogens with zero attached hydrogens (tertiary/aromatic N) is 10. The molecular weight excluding hydrogens is 566 g/mol. The molecule has 0 fully saturated rings. The monoisotopic (exact) mass is 595 g/mol. The van der Waals surface area contributed by atoms with Gasteiger partial charge in [0.2, 0.25) is 0 Å². The van der Waals surface area contributed by atoms with Crippen LogP contribution in [0.25, 0.3) is 5.57 Å². The lowest BCUT2D eigenvalue weighted by Gasteiger charge is -2.21. The van der Waals surface area contributed by atoms with Gasteiger partial charge >= 0.3 is 0 Å². The number of aromatic hydroxyl groups is 2. The molecule has 0 aliphatic heterocycles. The van der Waals surface area contributed by atoms with E-state index >= 15 is 0 Å². The number of aromatic nitrogens is 8. The van der Waals surface area contributed by atoms with Crippen LogP contribution in [0.1, 0.15) is 54.2 Å². The van der Waals surface area contributed by atoms with Crippen molar-refractivity contribution in [2.24, 2.45) is 10.2 Å². The van der Waals surface area contributed by atoms with Crippen molar-refractivity contribution in [3.05, 3.63) is 99.8 Å². The van der Waals surface area contributed by atoms with E-state index in [0.717, 1.165) is 0 Å². The van der Waals surface area contributed by atoms with Crippen LogP contribution in [-0.4, -0.2) is 79.9 Å². The van der Waals surface area contributed by atoms with Crippen LogP contribution in [0.2, 0.25) is 0 Å². The van der Waals surface area contributed by atoms with Gasteiger partial charge in [0.1, 0.15) is 17.1 Å². The highest BCUT2D eigenvalue weighted by Gasteiger charge is 2.25. The zero-order chi connectivity index (χ0) is 31.4. The fraction of sp³-hybridized carbons (Fsp3) is 0.207. The second kappa shape index (κ2) is 12.2. The zero-order valence-corrected chi connectivity index (χ0v) is 24.3. The topological polar surface area (TPSA) is 202 Å². The first kappa shape index (κ1) is 29.7. The molecule has 4 aromatic rings. The fourth-order valence-electron chi connectivity index (χ4n) is 4.21. The van der Waals surface area contributed by atoms with Gasteiger partial charge in [-0.3, -0.25) is 4.79 Å². The average molecular weight is 596 g/mol. The Labute approximate surface area is 251 Å². The van der Waals surface area contributed by atoms with E-state index in [1.807, 2.05) is 6.08 Å². The summed E-state index contributed by atoms with van der Waals surface area (Å²) < 4.78 is 0. The number of carbonyl (C=O) groups excluding carboxylic acids is 1. The Bertz CT molecular complexity index is 1770. The van der Waals surface area contributed by atoms with Gasteiger partial charge in [0.15, 0.2) is 11.6 Å². The van der Waals surface area contributed by atoms with Gasteiger partial charge in [0.05, 0.1) is 12.4 Å². The summed E-state index contributed by atoms with van der Waals surface area (Å²) in [5.41, 5.74) is 1.98. The van der Waals surface area contributed by atoms with Crippen LogP contribution in [0.3, 0.4) is 0 Å². The van der Waals surface area contributed by atoms with E-state index in [4.69, 9.17) is 0 Å². The van der Waals surface area contributed by atoms with Crippen molar-refractivity contribution in [1.82, 2.24) is 45.9 Å². The third-order valence-corrected chi connectivity index (χ3v) is 6.52. The molecule has 0 radical (unpaired) electrons. The molecule has 44 heavy (non-hydrogen) atoms. The molecule has 0 spiro atoms. The minimum atomic E-state index is -1.60. The molecule has 0 unspecified atom stereocenters. The van der Waals surface area contributed by atoms with E-state index in [0.29, 0.717) is 57.2 Å². The third kappa shape index (κ3) is 6.63. The molecule has 1 aliphatic rings. The second-order valence-electron chi connectivity index (χ2n) is 10.4. The number of benzene rings is 2. The van der Waals surface area contributed by atoms with Gasteiger partial charge in [-0.25, -0.2) is 0 Å². The van der Waals surface area contributed by atoms with E-state index in [1.165, 1.54) is 48.0 Å². The lowest BCUT2D eigenvalue weighted by atomic mass is 9.87. The van der Waals surface area contributed by atoms with Crippen molar-refractivity contribution in [3.63, 3.8) is 0 Å². The summed E-state index contributed by atoms with van der Waals surface area (Å²) in [6.07, 6.45) is 8.77. The van der Waals surface area contributed by atoms with Crippen LogP contribution in [0, 0.1) is 13.8 Å². The van der Waals surface area contributed by atoms with Gasteiger partial charge in [0.25, 0.3) is 5.91 Å². The van der Waals surface area contributed by atoms with Gasteiger partial charge in [0, 0.05) is 16.8 Å². The second-order valence-corrected chi connectivity index (χ2v) is 10.4. The predicted molar refractivity (Wildman–Crippen MR) is 160 cm³/mol. The van der Waals surface area contributed by atoms with Gasteiger partial charge in [-0.2, -0.15) is 10.2 Å². The normalized spacial score (nSPS) is 13.6. The number of allylic oxidation sites excluding steroid dienone is 4. The molecule has 0 bridgehead atoms. The minimum absolute atomic E-state index is 0.0592. The summed E-state index contributed by atoms with van der Waals surface area (Å²) in [7, 11) is 0. The Morgan fingerprint density at radius 2 is 1.43 bits per heavy atom. The van der Waals surface area contributed by atoms with Crippen LogP contribution >= 0.6 is 0 Å². The van der Waals surface area contributed by atoms with E-state index in [-0.39, 0.29) is 11.5 Å². The van der Waals surface area contributed by atoms with Crippen molar-refractivity contribution in [3.8, 4) is 11.5 Å². The highest BCUT2D eigenvalue weighted by atomic mass is 16.3. The highest BCUT2D eigenvalue weighted by molar-refractivity contribution is 5.94. The molecule has 224 valence electrons. The number of tetrazole rings is 2. The van der Waals surface area contributed by atoms with Crippen LogP contribution in [0.5, 0.6) is 11.5 Å². The number of aliphatic hydroxyl groups is 1. The van der Waals surface area contributed by atoms with Crippen molar-refractivity contribution < 1.29 is 20.1 Å². The number of phenols is 2. The van der Waals surface area contributed by atoms with Crippen molar-refractivity contribution in [2.75, 3.05) is 0 Å². The first-order valence-electron chi connectivity index (χ1n) is 13.4. The highest BCUT2D eigenvalue weighted by Crippen LogP contribution is 2.40. The third-order valence-electron chi connectivity index (χ3n) is 6.52. The van der Waals surface area contributed by atoms with E-state index in [1.54, 1.807) is 50.3 Å². The summed E-state index contributed by atoms with van der Waals surface area (Å²) in [5, 5.41) is 66.2. The summed E-state index contributed by atoms with van der Waals surface area (Å²) in [6.45, 7) is 6.20. The number of phenolic OH excluding ortho intramolecular Hbond substituents is 2. The molecule has 0 saturated heterocycles. The Hall–Kier alpha value is -5.83. The summed E-state index contributed by atoms with van der Waals surface area (Å²) in [6, 6.07) is 9.82. The van der Waals surface area contributed by atoms with Crippen molar-refractivity contribution >= 4 is 23.9 Å². The standard InChI is InChI=1S/C29H29N11O4/c1-17-33-35-37-39(17)30-15-19-8-10-25(41)23(12-19)27(21-6-5-7-22(14-21)32-28(43)29(3,4)44)24-13-20(9-11-26(24)42)16-31-40-18(2)34-36-38-40/h5,7-16,41-42,44H,6H2,1-4H3,(H,32,43). The van der Waals surface area contributed by atoms with Gasteiger partial charge in [-0.1, -0.05) is 6.08 Å². The number of carbonyl (C=O) groups is 1. The largest absolute Gasteiger partial charge is 0.507 e.